The molecule has 0 unspecified atom stereocenters. The van der Waals surface area contributed by atoms with E-state index in [2.05, 4.69) is 15.0 Å². The fourth-order valence-corrected chi connectivity index (χ4v) is 1.80. The molecule has 0 aliphatic rings. The number of hydrogen-bond acceptors (Lipinski definition) is 4. The summed E-state index contributed by atoms with van der Waals surface area (Å²) in [4.78, 5) is 11.1. The van der Waals surface area contributed by atoms with Gasteiger partial charge >= 0.3 is 0 Å². The highest BCUT2D eigenvalue weighted by atomic mass is 19.2. The minimum atomic E-state index is -1.00. The average Bonchev–Trinajstić information content (AvgIpc) is 2.76. The molecule has 7 heteroatoms. The van der Waals surface area contributed by atoms with Gasteiger partial charge in [-0.2, -0.15) is 0 Å². The highest BCUT2D eigenvalue weighted by Crippen LogP contribution is 2.27. The predicted molar refractivity (Wildman–Crippen MR) is 68.1 cm³/mol. The maximum Gasteiger partial charge on any atom is 0.180 e. The third kappa shape index (κ3) is 1.85. The number of nitrogen functional groups attached to an aromatic ring is 2. The molecule has 0 saturated heterocycles. The van der Waals surface area contributed by atoms with Gasteiger partial charge in [0.1, 0.15) is 11.6 Å². The summed E-state index contributed by atoms with van der Waals surface area (Å²) >= 11 is 0. The molecular formula is C12H9F2N5. The summed E-state index contributed by atoms with van der Waals surface area (Å²) < 4.78 is 26.3. The molecule has 1 aromatic carbocycles. The van der Waals surface area contributed by atoms with Crippen LogP contribution in [0.1, 0.15) is 0 Å². The number of pyridine rings is 1. The second kappa shape index (κ2) is 3.91. The van der Waals surface area contributed by atoms with Crippen LogP contribution in [0.3, 0.4) is 0 Å². The first-order chi connectivity index (χ1) is 9.04. The van der Waals surface area contributed by atoms with Gasteiger partial charge in [0.15, 0.2) is 17.3 Å². The van der Waals surface area contributed by atoms with Crippen molar-refractivity contribution in [2.75, 3.05) is 11.5 Å². The van der Waals surface area contributed by atoms with Crippen molar-refractivity contribution in [1.82, 2.24) is 15.0 Å². The molecule has 5 nitrogen and oxygen atoms in total. The van der Waals surface area contributed by atoms with Crippen LogP contribution >= 0.6 is 0 Å². The summed E-state index contributed by atoms with van der Waals surface area (Å²) in [5, 5.41) is 0. The SMILES string of the molecule is Nc1ccc2[nH]c(-c3cc(F)c(F)cc3N)nc2n1. The molecule has 19 heavy (non-hydrogen) atoms. The number of benzene rings is 1. The number of nitrogens with one attached hydrogen (secondary N) is 1. The molecule has 0 fully saturated rings. The van der Waals surface area contributed by atoms with Gasteiger partial charge in [0.25, 0.3) is 0 Å². The number of H-pyrrole nitrogens is 1. The number of hydrogen-bond donors (Lipinski definition) is 3. The van der Waals surface area contributed by atoms with Gasteiger partial charge in [0, 0.05) is 17.3 Å². The minimum absolute atomic E-state index is 0.0888. The van der Waals surface area contributed by atoms with Crippen LogP contribution in [0.25, 0.3) is 22.6 Å². The summed E-state index contributed by atoms with van der Waals surface area (Å²) in [7, 11) is 0. The van der Waals surface area contributed by atoms with Crippen LogP contribution in [0.5, 0.6) is 0 Å². The molecule has 2 aromatic heterocycles. The van der Waals surface area contributed by atoms with Crippen LogP contribution < -0.4 is 11.5 Å². The Hall–Kier alpha value is -2.70. The van der Waals surface area contributed by atoms with Crippen molar-refractivity contribution < 1.29 is 8.78 Å². The Labute approximate surface area is 106 Å². The molecule has 3 rings (SSSR count). The Morgan fingerprint density at radius 2 is 1.74 bits per heavy atom. The number of nitrogens with two attached hydrogens (primary N) is 2. The quantitative estimate of drug-likeness (QED) is 0.584. The summed E-state index contributed by atoms with van der Waals surface area (Å²) in [6.07, 6.45) is 0. The first kappa shape index (κ1) is 11.4. The van der Waals surface area contributed by atoms with Crippen molar-refractivity contribution in [2.24, 2.45) is 0 Å². The predicted octanol–water partition coefficient (Wildman–Crippen LogP) is 2.07. The number of imidazole rings is 1. The van der Waals surface area contributed by atoms with Gasteiger partial charge in [-0.25, -0.2) is 18.7 Å². The van der Waals surface area contributed by atoms with E-state index < -0.39 is 11.6 Å². The van der Waals surface area contributed by atoms with E-state index >= 15 is 0 Å². The second-order valence-corrected chi connectivity index (χ2v) is 4.05. The normalized spacial score (nSPS) is 11.1. The van der Waals surface area contributed by atoms with Crippen molar-refractivity contribution in [2.45, 2.75) is 0 Å². The molecule has 0 radical (unpaired) electrons. The molecule has 0 amide bonds. The molecule has 96 valence electrons. The lowest BCUT2D eigenvalue weighted by Crippen LogP contribution is -1.95. The maximum absolute atomic E-state index is 13.3. The lowest BCUT2D eigenvalue weighted by molar-refractivity contribution is 0.509. The van der Waals surface area contributed by atoms with Crippen molar-refractivity contribution in [1.29, 1.82) is 0 Å². The number of anilines is 2. The van der Waals surface area contributed by atoms with Crippen LogP contribution in [0, 0.1) is 11.6 Å². The topological polar surface area (TPSA) is 93.6 Å². The summed E-state index contributed by atoms with van der Waals surface area (Å²) in [6.45, 7) is 0. The fourth-order valence-electron chi connectivity index (χ4n) is 1.80. The molecule has 3 aromatic rings. The first-order valence-electron chi connectivity index (χ1n) is 5.42. The van der Waals surface area contributed by atoms with E-state index in [0.29, 0.717) is 22.8 Å². The summed E-state index contributed by atoms with van der Waals surface area (Å²) in [5.74, 6) is -1.36. The minimum Gasteiger partial charge on any atom is -0.398 e. The van der Waals surface area contributed by atoms with Gasteiger partial charge in [0.05, 0.1) is 5.52 Å². The molecule has 5 N–H and O–H groups in total. The number of fused-ring (bicyclic) bond motifs is 1. The smallest absolute Gasteiger partial charge is 0.180 e. The average molecular weight is 261 g/mol. The van der Waals surface area contributed by atoms with E-state index in [1.807, 2.05) is 0 Å². The van der Waals surface area contributed by atoms with Gasteiger partial charge in [-0.1, -0.05) is 0 Å². The van der Waals surface area contributed by atoms with Crippen LogP contribution in [-0.4, -0.2) is 15.0 Å². The zero-order valence-electron chi connectivity index (χ0n) is 9.61. The molecule has 0 aliphatic carbocycles. The molecule has 0 bridgehead atoms. The zero-order valence-corrected chi connectivity index (χ0v) is 9.61. The molecular weight excluding hydrogens is 252 g/mol. The standard InChI is InChI=1S/C12H9F2N5/c13-6-3-5(8(15)4-7(6)14)11-17-9-1-2-10(16)18-12(9)19-11/h1-4H,15H2,(H3,16,17,18,19). The Bertz CT molecular complexity index is 781. The maximum atomic E-state index is 13.3. The third-order valence-electron chi connectivity index (χ3n) is 2.72. The Kier molecular flexibility index (Phi) is 2.34. The van der Waals surface area contributed by atoms with Crippen molar-refractivity contribution in [3.05, 3.63) is 35.9 Å². The van der Waals surface area contributed by atoms with Crippen molar-refractivity contribution in [3.8, 4) is 11.4 Å². The van der Waals surface area contributed by atoms with Gasteiger partial charge in [-0.3, -0.25) is 0 Å². The first-order valence-corrected chi connectivity index (χ1v) is 5.42. The number of halogens is 2. The third-order valence-corrected chi connectivity index (χ3v) is 2.72. The van der Waals surface area contributed by atoms with Gasteiger partial charge in [-0.15, -0.1) is 0 Å². The van der Waals surface area contributed by atoms with Gasteiger partial charge in [0.2, 0.25) is 0 Å². The summed E-state index contributed by atoms with van der Waals surface area (Å²) in [6, 6.07) is 5.22. The number of nitrogens with zero attached hydrogens (tertiary/aromatic N) is 2. The lowest BCUT2D eigenvalue weighted by atomic mass is 10.1. The molecule has 0 saturated carbocycles. The molecule has 0 atom stereocenters. The van der Waals surface area contributed by atoms with Gasteiger partial charge < -0.3 is 16.5 Å². The monoisotopic (exact) mass is 261 g/mol. The number of aromatic amines is 1. The Morgan fingerprint density at radius 3 is 2.53 bits per heavy atom. The van der Waals surface area contributed by atoms with E-state index in [1.165, 1.54) is 0 Å². The highest BCUT2D eigenvalue weighted by molar-refractivity contribution is 5.80. The second-order valence-electron chi connectivity index (χ2n) is 4.05. The summed E-state index contributed by atoms with van der Waals surface area (Å²) in [5.41, 5.74) is 12.6. The van der Waals surface area contributed by atoms with Crippen molar-refractivity contribution in [3.63, 3.8) is 0 Å². The van der Waals surface area contributed by atoms with E-state index in [1.54, 1.807) is 12.1 Å². The molecule has 2 heterocycles. The van der Waals surface area contributed by atoms with Crippen molar-refractivity contribution >= 4 is 22.7 Å². The van der Waals surface area contributed by atoms with Crippen LogP contribution in [0.2, 0.25) is 0 Å². The van der Waals surface area contributed by atoms with E-state index in [4.69, 9.17) is 11.5 Å². The molecule has 0 aliphatic heterocycles. The Balaban J connectivity index is 2.21. The van der Waals surface area contributed by atoms with Crippen LogP contribution in [-0.2, 0) is 0 Å². The Morgan fingerprint density at radius 1 is 1.00 bits per heavy atom. The van der Waals surface area contributed by atoms with Gasteiger partial charge in [-0.05, 0) is 18.2 Å². The van der Waals surface area contributed by atoms with E-state index in [9.17, 15) is 8.78 Å². The zero-order chi connectivity index (χ0) is 13.6. The largest absolute Gasteiger partial charge is 0.398 e. The number of rotatable bonds is 1. The highest BCUT2D eigenvalue weighted by Gasteiger charge is 2.13. The lowest BCUT2D eigenvalue weighted by Gasteiger charge is -2.03. The van der Waals surface area contributed by atoms with E-state index in [-0.39, 0.29) is 11.3 Å². The molecule has 0 spiro atoms. The number of aromatic nitrogens is 3. The fraction of sp³-hybridized carbons (Fsp3) is 0. The van der Waals surface area contributed by atoms with Crippen LogP contribution in [0.15, 0.2) is 24.3 Å². The van der Waals surface area contributed by atoms with Crippen LogP contribution in [0.4, 0.5) is 20.3 Å². The van der Waals surface area contributed by atoms with E-state index in [0.717, 1.165) is 12.1 Å².